The number of carbonyl (C=O) groups excluding carboxylic acids is 3. The molecular weight excluding hydrogens is 264 g/mol. The van der Waals surface area contributed by atoms with Crippen molar-refractivity contribution >= 4 is 17.8 Å². The number of amides is 2. The Morgan fingerprint density at radius 1 is 1.45 bits per heavy atom. The van der Waals surface area contributed by atoms with Gasteiger partial charge in [-0.05, 0) is 25.7 Å². The fourth-order valence-electron chi connectivity index (χ4n) is 2.13. The topological polar surface area (TPSA) is 108 Å². The highest BCUT2D eigenvalue weighted by Gasteiger charge is 2.31. The molecule has 2 amide bonds. The zero-order valence-electron chi connectivity index (χ0n) is 11.9. The van der Waals surface area contributed by atoms with Gasteiger partial charge in [0.05, 0.1) is 13.0 Å². The second-order valence-corrected chi connectivity index (χ2v) is 4.88. The number of esters is 1. The van der Waals surface area contributed by atoms with Crippen LogP contribution < -0.4 is 11.1 Å². The van der Waals surface area contributed by atoms with Crippen molar-refractivity contribution < 1.29 is 23.9 Å². The molecule has 1 rings (SSSR count). The number of rotatable bonds is 7. The van der Waals surface area contributed by atoms with Gasteiger partial charge in [-0.1, -0.05) is 6.92 Å². The molecule has 7 heteroatoms. The molecule has 20 heavy (non-hydrogen) atoms. The Balaban J connectivity index is 2.56. The monoisotopic (exact) mass is 286 g/mol. The second-order valence-electron chi connectivity index (χ2n) is 4.88. The summed E-state index contributed by atoms with van der Waals surface area (Å²) in [5.74, 6) is -1.88. The summed E-state index contributed by atoms with van der Waals surface area (Å²) in [6.07, 6.45) is 0.931. The Labute approximate surface area is 118 Å². The van der Waals surface area contributed by atoms with E-state index in [9.17, 15) is 14.4 Å². The van der Waals surface area contributed by atoms with Gasteiger partial charge in [0.25, 0.3) is 0 Å². The maximum atomic E-state index is 11.9. The van der Waals surface area contributed by atoms with Crippen molar-refractivity contribution in [3.63, 3.8) is 0 Å². The maximum Gasteiger partial charge on any atom is 0.306 e. The van der Waals surface area contributed by atoms with E-state index in [1.54, 1.807) is 13.8 Å². The number of primary amides is 1. The van der Waals surface area contributed by atoms with E-state index in [4.69, 9.17) is 15.2 Å². The smallest absolute Gasteiger partial charge is 0.306 e. The van der Waals surface area contributed by atoms with Crippen molar-refractivity contribution in [1.82, 2.24) is 5.32 Å². The van der Waals surface area contributed by atoms with E-state index in [-0.39, 0.29) is 18.9 Å². The van der Waals surface area contributed by atoms with Crippen LogP contribution in [0.25, 0.3) is 0 Å². The van der Waals surface area contributed by atoms with Crippen molar-refractivity contribution in [2.24, 2.45) is 11.7 Å². The largest absolute Gasteiger partial charge is 0.466 e. The minimum absolute atomic E-state index is 0.0211. The summed E-state index contributed by atoms with van der Waals surface area (Å²) in [6, 6.07) is -0.906. The first-order valence-electron chi connectivity index (χ1n) is 6.82. The summed E-state index contributed by atoms with van der Waals surface area (Å²) in [4.78, 5) is 34.8. The van der Waals surface area contributed by atoms with E-state index in [0.29, 0.717) is 13.0 Å². The molecule has 1 saturated heterocycles. The lowest BCUT2D eigenvalue weighted by Crippen LogP contribution is -2.51. The zero-order chi connectivity index (χ0) is 15.1. The minimum atomic E-state index is -0.906. The van der Waals surface area contributed by atoms with Gasteiger partial charge in [-0.15, -0.1) is 0 Å². The number of ether oxygens (including phenoxy) is 2. The molecule has 114 valence electrons. The summed E-state index contributed by atoms with van der Waals surface area (Å²) in [6.45, 7) is 4.18. The van der Waals surface area contributed by atoms with Gasteiger partial charge in [0, 0.05) is 6.61 Å². The molecule has 0 radical (unpaired) electrons. The number of nitrogens with one attached hydrogen (secondary N) is 1. The minimum Gasteiger partial charge on any atom is -0.466 e. The van der Waals surface area contributed by atoms with E-state index >= 15 is 0 Å². The van der Waals surface area contributed by atoms with Gasteiger partial charge < -0.3 is 20.5 Å². The summed E-state index contributed by atoms with van der Waals surface area (Å²) in [5, 5.41) is 2.56. The quantitative estimate of drug-likeness (QED) is 0.626. The van der Waals surface area contributed by atoms with Crippen molar-refractivity contribution in [3.05, 3.63) is 0 Å². The van der Waals surface area contributed by atoms with Crippen molar-refractivity contribution in [2.45, 2.75) is 45.3 Å². The summed E-state index contributed by atoms with van der Waals surface area (Å²) in [7, 11) is 0. The molecule has 3 N–H and O–H groups in total. The van der Waals surface area contributed by atoms with Crippen molar-refractivity contribution in [2.75, 3.05) is 13.2 Å². The van der Waals surface area contributed by atoms with Crippen LogP contribution in [0.1, 0.15) is 33.1 Å². The molecule has 0 aromatic carbocycles. The first kappa shape index (κ1) is 16.4. The van der Waals surface area contributed by atoms with Gasteiger partial charge in [-0.3, -0.25) is 14.4 Å². The average Bonchev–Trinajstić information content (AvgIpc) is 2.89. The van der Waals surface area contributed by atoms with Crippen LogP contribution in [0, 0.1) is 5.92 Å². The van der Waals surface area contributed by atoms with Gasteiger partial charge in [-0.2, -0.15) is 0 Å². The molecule has 1 aliphatic rings. The first-order chi connectivity index (χ1) is 9.45. The molecule has 7 nitrogen and oxygen atoms in total. The van der Waals surface area contributed by atoms with Gasteiger partial charge in [0.2, 0.25) is 11.8 Å². The summed E-state index contributed by atoms with van der Waals surface area (Å²) in [5.41, 5.74) is 5.29. The fraction of sp³-hybridized carbons (Fsp3) is 0.769. The SMILES string of the molecule is CCOC(=O)C[C@H](C)[C@@H](NC(=O)[C@@H]1CCCO1)C(N)=O. The third-order valence-corrected chi connectivity index (χ3v) is 3.19. The van der Waals surface area contributed by atoms with Crippen LogP contribution in [0.2, 0.25) is 0 Å². The molecule has 1 fully saturated rings. The van der Waals surface area contributed by atoms with E-state index < -0.39 is 29.9 Å². The molecule has 0 bridgehead atoms. The Hall–Kier alpha value is -1.63. The number of hydrogen-bond acceptors (Lipinski definition) is 5. The fourth-order valence-corrected chi connectivity index (χ4v) is 2.13. The van der Waals surface area contributed by atoms with Gasteiger partial charge in [-0.25, -0.2) is 0 Å². The normalized spacial score (nSPS) is 21.0. The maximum absolute atomic E-state index is 11.9. The molecule has 0 unspecified atom stereocenters. The van der Waals surface area contributed by atoms with Crippen LogP contribution >= 0.6 is 0 Å². The average molecular weight is 286 g/mol. The van der Waals surface area contributed by atoms with Crippen LogP contribution in [-0.2, 0) is 23.9 Å². The van der Waals surface area contributed by atoms with Crippen LogP contribution in [0.4, 0.5) is 0 Å². The number of nitrogens with two attached hydrogens (primary N) is 1. The van der Waals surface area contributed by atoms with Crippen LogP contribution in [0.5, 0.6) is 0 Å². The van der Waals surface area contributed by atoms with E-state index in [1.165, 1.54) is 0 Å². The molecule has 1 heterocycles. The standard InChI is InChI=1S/C13H22N2O5/c1-3-19-10(16)7-8(2)11(12(14)17)15-13(18)9-5-4-6-20-9/h8-9,11H,3-7H2,1-2H3,(H2,14,17)(H,15,18)/t8-,9-,11+/m0/s1. The third-order valence-electron chi connectivity index (χ3n) is 3.19. The Kier molecular flexibility index (Phi) is 6.44. The summed E-state index contributed by atoms with van der Waals surface area (Å²) >= 11 is 0. The molecule has 0 spiro atoms. The number of carbonyl (C=O) groups is 3. The highest BCUT2D eigenvalue weighted by atomic mass is 16.5. The van der Waals surface area contributed by atoms with E-state index in [2.05, 4.69) is 5.32 Å². The Morgan fingerprint density at radius 2 is 2.15 bits per heavy atom. The van der Waals surface area contributed by atoms with E-state index in [1.807, 2.05) is 0 Å². The Morgan fingerprint density at radius 3 is 2.65 bits per heavy atom. The lowest BCUT2D eigenvalue weighted by Gasteiger charge is -2.23. The lowest BCUT2D eigenvalue weighted by molar-refractivity contribution is -0.145. The van der Waals surface area contributed by atoms with E-state index in [0.717, 1.165) is 6.42 Å². The highest BCUT2D eigenvalue weighted by Crippen LogP contribution is 2.14. The first-order valence-corrected chi connectivity index (χ1v) is 6.82. The predicted molar refractivity (Wildman–Crippen MR) is 70.5 cm³/mol. The zero-order valence-corrected chi connectivity index (χ0v) is 11.9. The molecule has 3 atom stereocenters. The molecule has 1 aliphatic heterocycles. The molecule has 0 aliphatic carbocycles. The van der Waals surface area contributed by atoms with Crippen molar-refractivity contribution in [3.8, 4) is 0 Å². The van der Waals surface area contributed by atoms with Gasteiger partial charge in [0.1, 0.15) is 12.1 Å². The second kappa shape index (κ2) is 7.84. The van der Waals surface area contributed by atoms with Gasteiger partial charge >= 0.3 is 5.97 Å². The molecule has 0 aromatic rings. The highest BCUT2D eigenvalue weighted by molar-refractivity contribution is 5.89. The lowest BCUT2D eigenvalue weighted by atomic mass is 9.97. The number of hydrogen-bond donors (Lipinski definition) is 2. The van der Waals surface area contributed by atoms with Crippen molar-refractivity contribution in [1.29, 1.82) is 0 Å². The van der Waals surface area contributed by atoms with Crippen LogP contribution in [-0.4, -0.2) is 43.1 Å². The summed E-state index contributed by atoms with van der Waals surface area (Å²) < 4.78 is 10.1. The van der Waals surface area contributed by atoms with Crippen LogP contribution in [0.15, 0.2) is 0 Å². The van der Waals surface area contributed by atoms with Gasteiger partial charge in [0.15, 0.2) is 0 Å². The third kappa shape index (κ3) is 4.80. The Bertz CT molecular complexity index is 366. The molecule has 0 saturated carbocycles. The molecule has 0 aromatic heterocycles. The van der Waals surface area contributed by atoms with Crippen LogP contribution in [0.3, 0.4) is 0 Å². The predicted octanol–water partition coefficient (Wildman–Crippen LogP) is -0.275. The molecular formula is C13H22N2O5.